The van der Waals surface area contributed by atoms with E-state index in [1.165, 1.54) is 17.7 Å². The van der Waals surface area contributed by atoms with Crippen LogP contribution in [0.5, 0.6) is 34.6 Å². The molecule has 3 fully saturated rings. The highest BCUT2D eigenvalue weighted by Crippen LogP contribution is 2.65. The van der Waals surface area contributed by atoms with Gasteiger partial charge in [0.1, 0.15) is 5.75 Å². The molecule has 9 aromatic carbocycles. The van der Waals surface area contributed by atoms with Crippen LogP contribution in [0, 0.1) is 19.3 Å². The van der Waals surface area contributed by atoms with Gasteiger partial charge in [0.05, 0.1) is 30.5 Å². The number of benzene rings is 9. The summed E-state index contributed by atoms with van der Waals surface area (Å²) >= 11 is 0. The number of anilines is 3. The predicted molar refractivity (Wildman–Crippen MR) is 386 cm³/mol. The number of hydrogen-bond acceptors (Lipinski definition) is 12. The Bertz CT molecular complexity index is 4750. The number of aromatic nitrogens is 1. The second kappa shape index (κ2) is 28.1. The number of nitrogens with one attached hydrogen (secondary N) is 5. The van der Waals surface area contributed by atoms with Gasteiger partial charge in [-0.15, -0.1) is 8.78 Å². The van der Waals surface area contributed by atoms with Gasteiger partial charge in [-0.1, -0.05) is 129 Å². The van der Waals surface area contributed by atoms with E-state index in [0.29, 0.717) is 47.8 Å². The molecule has 15 rings (SSSR count). The number of fused-ring (bicyclic) bond motifs is 2. The maximum atomic E-state index is 13.5. The third kappa shape index (κ3) is 14.4. The third-order valence-corrected chi connectivity index (χ3v) is 19.7. The van der Waals surface area contributed by atoms with E-state index < -0.39 is 22.5 Å². The van der Waals surface area contributed by atoms with Crippen LogP contribution in [0.4, 0.5) is 25.8 Å². The van der Waals surface area contributed by atoms with E-state index in [1.54, 1.807) is 38.6 Å². The number of methoxy groups -OCH3 is 2. The largest absolute Gasteiger partial charge is 0.586 e. The zero-order valence-electron chi connectivity index (χ0n) is 57.2. The maximum absolute atomic E-state index is 13.5. The lowest BCUT2D eigenvalue weighted by Crippen LogP contribution is -2.32. The first-order valence-electron chi connectivity index (χ1n) is 33.6. The molecule has 1 atom stereocenters. The quantitative estimate of drug-likeness (QED) is 0.0515. The van der Waals surface area contributed by atoms with Gasteiger partial charge in [-0.25, -0.2) is 4.98 Å². The van der Waals surface area contributed by atoms with Gasteiger partial charge in [0, 0.05) is 47.5 Å². The minimum Gasteiger partial charge on any atom is -0.497 e. The second-order valence-corrected chi connectivity index (χ2v) is 26.8. The van der Waals surface area contributed by atoms with E-state index in [-0.39, 0.29) is 47.3 Å². The fraction of sp³-hybridized carbons (Fsp3) is 0.241. The molecule has 0 saturated heterocycles. The van der Waals surface area contributed by atoms with Crippen molar-refractivity contribution < 1.29 is 56.4 Å². The number of ether oxygens (including phenoxy) is 6. The Kier molecular flexibility index (Phi) is 19.0. The number of aryl methyl sites for hydroxylation is 2. The molecule has 0 spiro atoms. The van der Waals surface area contributed by atoms with Crippen LogP contribution >= 0.6 is 0 Å². The monoisotopic (exact) mass is 1360 g/mol. The Morgan fingerprint density at radius 2 is 1.05 bits per heavy atom. The third-order valence-electron chi connectivity index (χ3n) is 19.7. The summed E-state index contributed by atoms with van der Waals surface area (Å²) in [4.78, 5) is 56.7. The number of halogens is 2. The number of rotatable bonds is 19. The van der Waals surface area contributed by atoms with Crippen molar-refractivity contribution in [2.75, 3.05) is 44.0 Å². The van der Waals surface area contributed by atoms with Crippen LogP contribution in [-0.2, 0) is 43.7 Å². The first-order valence-corrected chi connectivity index (χ1v) is 33.6. The van der Waals surface area contributed by atoms with Gasteiger partial charge in [-0.2, -0.15) is 0 Å². The molecule has 16 nitrogen and oxygen atoms in total. The van der Waals surface area contributed by atoms with E-state index in [0.717, 1.165) is 110 Å². The van der Waals surface area contributed by atoms with E-state index >= 15 is 0 Å². The van der Waals surface area contributed by atoms with Crippen molar-refractivity contribution in [3.05, 3.63) is 263 Å². The Balaban J connectivity index is 0.000000136. The van der Waals surface area contributed by atoms with E-state index in [2.05, 4.69) is 92.1 Å². The predicted octanol–water partition coefficient (Wildman–Crippen LogP) is 16.4. The second-order valence-electron chi connectivity index (χ2n) is 26.8. The smallest absolute Gasteiger partial charge is 0.497 e. The van der Waals surface area contributed by atoms with Crippen molar-refractivity contribution in [2.45, 2.75) is 95.4 Å². The number of carbonyl (C=O) groups is 4. The highest BCUT2D eigenvalue weighted by Gasteiger charge is 2.67. The van der Waals surface area contributed by atoms with Gasteiger partial charge in [0.25, 0.3) is 5.91 Å². The number of carbonyl (C=O) groups excluding carboxylic acids is 4. The molecule has 3 saturated carbocycles. The van der Waals surface area contributed by atoms with Crippen LogP contribution in [0.15, 0.2) is 219 Å². The summed E-state index contributed by atoms with van der Waals surface area (Å²) in [5.74, 6) is 2.36. The lowest BCUT2D eigenvalue weighted by atomic mass is 9.87. The lowest BCUT2D eigenvalue weighted by molar-refractivity contribution is -0.286. The zero-order chi connectivity index (χ0) is 70.7. The number of nitrogens with zero attached hydrogens (tertiary/aromatic N) is 1. The Hall–Kier alpha value is -11.4. The summed E-state index contributed by atoms with van der Waals surface area (Å²) in [5, 5.41) is 15.4. The topological polar surface area (TPSA) is 197 Å². The Morgan fingerprint density at radius 1 is 0.495 bits per heavy atom. The van der Waals surface area contributed by atoms with E-state index in [9.17, 15) is 28.0 Å². The zero-order valence-corrected chi connectivity index (χ0v) is 57.2. The number of pyridine rings is 1. The summed E-state index contributed by atoms with van der Waals surface area (Å²) in [5.41, 5.74) is 13.9. The average Bonchev–Trinajstić information content (AvgIpc) is 1.53. The molecule has 0 bridgehead atoms. The summed E-state index contributed by atoms with van der Waals surface area (Å²) in [7, 11) is 5.16. The van der Waals surface area contributed by atoms with Gasteiger partial charge in [-0.05, 0) is 222 Å². The molecular weight excluding hydrogens is 1280 g/mol. The summed E-state index contributed by atoms with van der Waals surface area (Å²) in [6.45, 7) is 9.85. The van der Waals surface area contributed by atoms with Crippen molar-refractivity contribution in [1.29, 1.82) is 0 Å². The average molecular weight is 1360 g/mol. The van der Waals surface area contributed by atoms with Gasteiger partial charge in [0.15, 0.2) is 23.0 Å². The van der Waals surface area contributed by atoms with Crippen LogP contribution in [0.1, 0.15) is 95.3 Å². The summed E-state index contributed by atoms with van der Waals surface area (Å²) < 4.78 is 57.3. The number of hydrogen-bond donors (Lipinski definition) is 5. The highest BCUT2D eigenvalue weighted by atomic mass is 19.3. The van der Waals surface area contributed by atoms with Crippen molar-refractivity contribution in [1.82, 2.24) is 15.6 Å². The fourth-order valence-electron chi connectivity index (χ4n) is 13.5. The molecule has 514 valence electrons. The number of amides is 4. The van der Waals surface area contributed by atoms with Crippen LogP contribution in [-0.4, -0.2) is 63.0 Å². The first-order chi connectivity index (χ1) is 48.7. The molecule has 10 aromatic rings. The molecule has 3 heterocycles. The lowest BCUT2D eigenvalue weighted by Gasteiger charge is -2.21. The van der Waals surface area contributed by atoms with Gasteiger partial charge in [-0.3, -0.25) is 19.2 Å². The molecule has 5 N–H and O–H groups in total. The normalized spacial score (nSPS) is 16.7. The van der Waals surface area contributed by atoms with E-state index in [1.807, 2.05) is 166 Å². The van der Waals surface area contributed by atoms with Crippen LogP contribution in [0.3, 0.4) is 0 Å². The molecule has 18 heteroatoms. The molecule has 3 aliphatic carbocycles. The molecule has 2 aliphatic heterocycles. The van der Waals surface area contributed by atoms with E-state index in [4.69, 9.17) is 18.9 Å². The Labute approximate surface area is 585 Å². The molecule has 5 aliphatic rings. The molecular formula is C83H78F2N6O10. The number of alkyl halides is 2. The first kappa shape index (κ1) is 68.2. The minimum atomic E-state index is -3.69. The highest BCUT2D eigenvalue weighted by molar-refractivity contribution is 6.04. The molecule has 4 amide bonds. The standard InChI is InChI=1S/C32H28N2O4.C27H30N2O2.C24H20F2N2O4/c1-21-7-13-26(34-31(36)32(15-16-32)25-12-14-28-29(17-25)38-20-37-28)18-27(21)23-10-8-22(9-11-23)19-33-30(35)24-5-3-2-4-6-24;1-26(2)18-27(26,22-12-14-24(31-4)15-13-22)25(30)29-23-7-5-6-21(16-23)20-10-8-19(9-11-20)17-28-3;1-14-5-7-16(13-18(14)17-4-3-11-27-21(17)30-2)28-22(29)23(9-10-23)15-6-8-19-20(12-15)32-24(25,26)31-19/h2-14,17-18H,15-16,19-20H2,1H3,(H,33,35)(H,34,36);5-16,28H,17-18H2,1-4H3,(H,29,30);3-8,11-13H,9-10H2,1-2H3,(H,28,29). The maximum Gasteiger partial charge on any atom is 0.586 e. The molecule has 1 unspecified atom stereocenters. The van der Waals surface area contributed by atoms with Crippen molar-refractivity contribution in [3.8, 4) is 68.0 Å². The van der Waals surface area contributed by atoms with Crippen molar-refractivity contribution in [3.63, 3.8) is 0 Å². The SMILES string of the molecule is CNCc1ccc(-c2cccc(NC(=O)C3(c4ccc(OC)cc4)CC3(C)C)c2)cc1.COc1ncccc1-c1cc(NC(=O)C2(c3ccc4c(c3)OC(F)(F)O4)CC2)ccc1C.Cc1ccc(NC(=O)C2(c3ccc4c(c3)OCO4)CC2)cc1-c1ccc(CNC(=O)c2ccccc2)cc1. The Morgan fingerprint density at radius 3 is 1.66 bits per heavy atom. The van der Waals surface area contributed by atoms with Crippen LogP contribution in [0.2, 0.25) is 0 Å². The molecule has 0 radical (unpaired) electrons. The fourth-order valence-corrected chi connectivity index (χ4v) is 13.5. The van der Waals surface area contributed by atoms with Crippen molar-refractivity contribution in [2.24, 2.45) is 5.41 Å². The summed E-state index contributed by atoms with van der Waals surface area (Å²) in [6, 6.07) is 67.4. The van der Waals surface area contributed by atoms with Gasteiger partial charge >= 0.3 is 6.29 Å². The minimum absolute atomic E-state index is 0.00401. The van der Waals surface area contributed by atoms with Gasteiger partial charge < -0.3 is 55.0 Å². The van der Waals surface area contributed by atoms with Crippen molar-refractivity contribution >= 4 is 40.7 Å². The summed E-state index contributed by atoms with van der Waals surface area (Å²) in [6.07, 6.45) is 1.63. The molecule has 101 heavy (non-hydrogen) atoms. The van der Waals surface area contributed by atoms with Crippen LogP contribution in [0.25, 0.3) is 33.4 Å². The molecule has 1 aromatic heterocycles. The van der Waals surface area contributed by atoms with Gasteiger partial charge in [0.2, 0.25) is 30.4 Å². The van der Waals surface area contributed by atoms with Crippen LogP contribution < -0.4 is 55.0 Å².